The van der Waals surface area contributed by atoms with Crippen molar-refractivity contribution in [1.82, 2.24) is 9.88 Å². The van der Waals surface area contributed by atoms with Gasteiger partial charge in [0.1, 0.15) is 17.4 Å². The number of likely N-dealkylation sites (tertiary alicyclic amines) is 1. The van der Waals surface area contributed by atoms with Crippen LogP contribution >= 0.6 is 11.6 Å². The number of benzene rings is 1. The third-order valence-electron chi connectivity index (χ3n) is 4.63. The first-order valence-corrected chi connectivity index (χ1v) is 9.26. The fourth-order valence-electron chi connectivity index (χ4n) is 3.05. The van der Waals surface area contributed by atoms with E-state index in [1.54, 1.807) is 23.1 Å². The highest BCUT2D eigenvalue weighted by molar-refractivity contribution is 6.30. The number of hydrogen-bond donors (Lipinski definition) is 1. The molecule has 1 N–H and O–H groups in total. The van der Waals surface area contributed by atoms with Crippen LogP contribution < -0.4 is 10.3 Å². The third-order valence-corrected chi connectivity index (χ3v) is 4.88. The summed E-state index contributed by atoms with van der Waals surface area (Å²) in [6, 6.07) is 10.7. The van der Waals surface area contributed by atoms with Crippen LogP contribution in [0.25, 0.3) is 0 Å². The number of piperidine rings is 1. The number of amides is 1. The van der Waals surface area contributed by atoms with Crippen molar-refractivity contribution >= 4 is 17.5 Å². The number of ether oxygens (including phenoxy) is 1. The first-order chi connectivity index (χ1) is 12.4. The number of aromatic nitrogens is 1. The summed E-state index contributed by atoms with van der Waals surface area (Å²) >= 11 is 5.88. The molecule has 1 saturated heterocycles. The van der Waals surface area contributed by atoms with Gasteiger partial charge < -0.3 is 14.6 Å². The Hall–Kier alpha value is -2.27. The van der Waals surface area contributed by atoms with Gasteiger partial charge in [-0.15, -0.1) is 0 Å². The van der Waals surface area contributed by atoms with E-state index in [4.69, 9.17) is 16.3 Å². The Balaban J connectivity index is 1.60. The molecule has 1 fully saturated rings. The van der Waals surface area contributed by atoms with Crippen molar-refractivity contribution < 1.29 is 9.53 Å². The lowest BCUT2D eigenvalue weighted by Crippen LogP contribution is -2.43. The maximum absolute atomic E-state index is 12.7. The van der Waals surface area contributed by atoms with E-state index in [1.807, 2.05) is 32.0 Å². The smallest absolute Gasteiger partial charge is 0.261 e. The maximum Gasteiger partial charge on any atom is 0.261 e. The summed E-state index contributed by atoms with van der Waals surface area (Å²) in [4.78, 5) is 29.4. The van der Waals surface area contributed by atoms with E-state index >= 15 is 0 Å². The molecule has 1 aliphatic heterocycles. The molecule has 0 bridgehead atoms. The number of aromatic amines is 1. The second-order valence-corrected chi connectivity index (χ2v) is 7.31. The monoisotopic (exact) mass is 374 g/mol. The number of halogens is 1. The number of hydrogen-bond acceptors (Lipinski definition) is 3. The van der Waals surface area contributed by atoms with E-state index in [2.05, 4.69) is 4.98 Å². The Morgan fingerprint density at radius 3 is 2.38 bits per heavy atom. The van der Waals surface area contributed by atoms with Crippen LogP contribution in [-0.2, 0) is 0 Å². The van der Waals surface area contributed by atoms with Crippen molar-refractivity contribution in [3.05, 3.63) is 63.0 Å². The minimum absolute atomic E-state index is 0.0572. The van der Waals surface area contributed by atoms with E-state index in [1.165, 1.54) is 0 Å². The van der Waals surface area contributed by atoms with E-state index in [-0.39, 0.29) is 29.1 Å². The number of pyridine rings is 1. The zero-order chi connectivity index (χ0) is 18.7. The Bertz CT molecular complexity index is 822. The molecule has 1 aromatic heterocycles. The number of nitrogens with zero attached hydrogens (tertiary/aromatic N) is 1. The van der Waals surface area contributed by atoms with Crippen LogP contribution in [0.1, 0.15) is 48.7 Å². The molecule has 5 nitrogen and oxygen atoms in total. The summed E-state index contributed by atoms with van der Waals surface area (Å²) in [5.41, 5.74) is 0.717. The van der Waals surface area contributed by atoms with Crippen LogP contribution in [0.2, 0.25) is 5.02 Å². The third kappa shape index (κ3) is 4.28. The van der Waals surface area contributed by atoms with Crippen molar-refractivity contribution in [3.8, 4) is 5.75 Å². The van der Waals surface area contributed by atoms with Crippen molar-refractivity contribution in [2.45, 2.75) is 38.7 Å². The number of carbonyl (C=O) groups excluding carboxylic acids is 1. The van der Waals surface area contributed by atoms with Gasteiger partial charge >= 0.3 is 0 Å². The Morgan fingerprint density at radius 1 is 1.15 bits per heavy atom. The van der Waals surface area contributed by atoms with Gasteiger partial charge in [0.25, 0.3) is 11.5 Å². The first kappa shape index (κ1) is 18.5. The number of nitrogens with one attached hydrogen (secondary N) is 1. The quantitative estimate of drug-likeness (QED) is 0.884. The fraction of sp³-hybridized carbons (Fsp3) is 0.400. The van der Waals surface area contributed by atoms with E-state index in [0.29, 0.717) is 18.1 Å². The van der Waals surface area contributed by atoms with Gasteiger partial charge in [0, 0.05) is 36.6 Å². The molecule has 0 unspecified atom stereocenters. The normalized spacial score (nSPS) is 15.3. The zero-order valence-electron chi connectivity index (χ0n) is 15.0. The molecule has 2 aromatic rings. The van der Waals surface area contributed by atoms with E-state index in [0.717, 1.165) is 24.3 Å². The average molecular weight is 375 g/mol. The number of carbonyl (C=O) groups is 1. The number of rotatable bonds is 4. The lowest BCUT2D eigenvalue weighted by Gasteiger charge is -2.32. The summed E-state index contributed by atoms with van der Waals surface area (Å²) in [6.07, 6.45) is 1.52. The van der Waals surface area contributed by atoms with Crippen molar-refractivity contribution in [1.29, 1.82) is 0 Å². The molecule has 1 amide bonds. The van der Waals surface area contributed by atoms with Gasteiger partial charge in [0.05, 0.1) is 0 Å². The van der Waals surface area contributed by atoms with Gasteiger partial charge in [-0.2, -0.15) is 0 Å². The molecule has 0 saturated carbocycles. The van der Waals surface area contributed by atoms with Gasteiger partial charge in [0.2, 0.25) is 0 Å². The van der Waals surface area contributed by atoms with E-state index < -0.39 is 0 Å². The molecule has 3 rings (SSSR count). The van der Waals surface area contributed by atoms with Crippen molar-refractivity contribution in [2.75, 3.05) is 13.1 Å². The first-order valence-electron chi connectivity index (χ1n) is 8.89. The highest BCUT2D eigenvalue weighted by Gasteiger charge is 2.26. The topological polar surface area (TPSA) is 62.4 Å². The van der Waals surface area contributed by atoms with Crippen LogP contribution in [0.4, 0.5) is 0 Å². The molecule has 1 aliphatic rings. The molecule has 138 valence electrons. The van der Waals surface area contributed by atoms with Crippen molar-refractivity contribution in [2.24, 2.45) is 0 Å². The molecule has 1 aromatic carbocycles. The highest BCUT2D eigenvalue weighted by atomic mass is 35.5. The molecule has 0 radical (unpaired) electrons. The van der Waals surface area contributed by atoms with Crippen LogP contribution in [0, 0.1) is 0 Å². The minimum Gasteiger partial charge on any atom is -0.490 e. The van der Waals surface area contributed by atoms with Crippen LogP contribution in [0.3, 0.4) is 0 Å². The van der Waals surface area contributed by atoms with Crippen LogP contribution in [0.5, 0.6) is 5.75 Å². The van der Waals surface area contributed by atoms with Gasteiger partial charge in [-0.25, -0.2) is 0 Å². The summed E-state index contributed by atoms with van der Waals surface area (Å²) in [7, 11) is 0. The highest BCUT2D eigenvalue weighted by Crippen LogP contribution is 2.21. The average Bonchev–Trinajstić information content (AvgIpc) is 2.63. The molecular formula is C20H23ClN2O3. The SMILES string of the molecule is CC(C)c1ccc(C(=O)N2CCC(Oc3ccc(Cl)cc3)CC2)c(=O)[nH]1. The van der Waals surface area contributed by atoms with Gasteiger partial charge in [0.15, 0.2) is 0 Å². The minimum atomic E-state index is -0.319. The summed E-state index contributed by atoms with van der Waals surface area (Å²) in [5.74, 6) is 0.777. The Kier molecular flexibility index (Phi) is 5.67. The molecule has 26 heavy (non-hydrogen) atoms. The predicted molar refractivity (Wildman–Crippen MR) is 102 cm³/mol. The fourth-order valence-corrected chi connectivity index (χ4v) is 3.17. The molecular weight excluding hydrogens is 352 g/mol. The molecule has 0 spiro atoms. The summed E-state index contributed by atoms with van der Waals surface area (Å²) in [6.45, 7) is 5.14. The maximum atomic E-state index is 12.7. The summed E-state index contributed by atoms with van der Waals surface area (Å²) in [5, 5.41) is 0.673. The van der Waals surface area contributed by atoms with Crippen molar-refractivity contribution in [3.63, 3.8) is 0 Å². The largest absolute Gasteiger partial charge is 0.490 e. The molecule has 2 heterocycles. The predicted octanol–water partition coefficient (Wildman–Crippen LogP) is 3.84. The zero-order valence-corrected chi connectivity index (χ0v) is 15.8. The van der Waals surface area contributed by atoms with Gasteiger partial charge in [-0.3, -0.25) is 9.59 Å². The Labute approximate surface area is 157 Å². The standard InChI is InChI=1S/C20H23ClN2O3/c1-13(2)18-8-7-17(19(24)22-18)20(25)23-11-9-16(10-12-23)26-15-5-3-14(21)4-6-15/h3-8,13,16H,9-12H2,1-2H3,(H,22,24). The van der Waals surface area contributed by atoms with E-state index in [9.17, 15) is 9.59 Å². The molecule has 6 heteroatoms. The van der Waals surface area contributed by atoms with Crippen LogP contribution in [0.15, 0.2) is 41.2 Å². The molecule has 0 atom stereocenters. The second kappa shape index (κ2) is 7.96. The second-order valence-electron chi connectivity index (χ2n) is 6.87. The number of H-pyrrole nitrogens is 1. The lowest BCUT2D eigenvalue weighted by atomic mass is 10.1. The Morgan fingerprint density at radius 2 is 1.81 bits per heavy atom. The van der Waals surface area contributed by atoms with Gasteiger partial charge in [-0.05, 0) is 42.3 Å². The summed E-state index contributed by atoms with van der Waals surface area (Å²) < 4.78 is 5.95. The van der Waals surface area contributed by atoms with Crippen LogP contribution in [-0.4, -0.2) is 35.0 Å². The lowest BCUT2D eigenvalue weighted by molar-refractivity contribution is 0.0594. The van der Waals surface area contributed by atoms with Gasteiger partial charge in [-0.1, -0.05) is 25.4 Å². The molecule has 0 aliphatic carbocycles.